The van der Waals surface area contributed by atoms with E-state index >= 15 is 0 Å². The van der Waals surface area contributed by atoms with Gasteiger partial charge in [0.1, 0.15) is 0 Å². The third-order valence-corrected chi connectivity index (χ3v) is 6.85. The molecule has 0 radical (unpaired) electrons. The topological polar surface area (TPSA) is 78.3 Å². The van der Waals surface area contributed by atoms with Crippen LogP contribution in [-0.2, 0) is 30.6 Å². The van der Waals surface area contributed by atoms with Crippen LogP contribution in [0.1, 0.15) is 65.0 Å². The van der Waals surface area contributed by atoms with Crippen molar-refractivity contribution in [2.45, 2.75) is 59.9 Å². The molecule has 0 atom stereocenters. The summed E-state index contributed by atoms with van der Waals surface area (Å²) in [4.78, 5) is 14.3. The number of aliphatic imine (C=N–C) groups is 1. The number of hydrogen-bond donors (Lipinski definition) is 1. The minimum Gasteiger partial charge on any atom is -0.389 e. The van der Waals surface area contributed by atoms with E-state index in [0.29, 0.717) is 23.8 Å². The molecule has 0 unspecified atom stereocenters. The van der Waals surface area contributed by atoms with Crippen LogP contribution < -0.4 is 5.90 Å². The molecule has 0 amide bonds. The van der Waals surface area contributed by atoms with E-state index in [1.54, 1.807) is 6.20 Å². The second-order valence-electron chi connectivity index (χ2n) is 10.2. The third-order valence-electron chi connectivity index (χ3n) is 6.85. The summed E-state index contributed by atoms with van der Waals surface area (Å²) in [5, 5.41) is 4.95. The molecule has 0 aliphatic heterocycles. The zero-order valence-electron chi connectivity index (χ0n) is 21.3. The van der Waals surface area contributed by atoms with Crippen LogP contribution in [0.2, 0.25) is 0 Å². The normalized spacial score (nSPS) is 14.9. The lowest BCUT2D eigenvalue weighted by Gasteiger charge is -2.30. The summed E-state index contributed by atoms with van der Waals surface area (Å²) in [7, 11) is 0. The van der Waals surface area contributed by atoms with Gasteiger partial charge in [-0.3, -0.25) is 9.67 Å². The fourth-order valence-electron chi connectivity index (χ4n) is 4.92. The number of allylic oxidation sites excluding steroid dienone is 1. The van der Waals surface area contributed by atoms with Crippen LogP contribution in [0.15, 0.2) is 60.9 Å². The zero-order valence-corrected chi connectivity index (χ0v) is 21.3. The molecule has 3 aromatic rings. The van der Waals surface area contributed by atoms with Crippen molar-refractivity contribution in [1.82, 2.24) is 14.8 Å². The second-order valence-corrected chi connectivity index (χ2v) is 10.2. The van der Waals surface area contributed by atoms with Crippen molar-refractivity contribution in [3.63, 3.8) is 0 Å². The lowest BCUT2D eigenvalue weighted by atomic mass is 9.76. The fraction of sp³-hybridized carbons (Fsp3) is 0.345. The van der Waals surface area contributed by atoms with Gasteiger partial charge >= 0.3 is 0 Å². The molecule has 1 aromatic carbocycles. The predicted octanol–water partition coefficient (Wildman–Crippen LogP) is 5.49. The summed E-state index contributed by atoms with van der Waals surface area (Å²) in [5.41, 5.74) is 9.52. The first kappa shape index (κ1) is 24.6. The van der Waals surface area contributed by atoms with Gasteiger partial charge in [0, 0.05) is 29.2 Å². The van der Waals surface area contributed by atoms with Crippen molar-refractivity contribution < 1.29 is 4.84 Å². The maximum atomic E-state index is 5.76. The Balaban J connectivity index is 1.73. The monoisotopic (exact) mass is 469 g/mol. The van der Waals surface area contributed by atoms with Crippen molar-refractivity contribution in [3.05, 3.63) is 101 Å². The van der Waals surface area contributed by atoms with E-state index in [-0.39, 0.29) is 5.41 Å². The summed E-state index contributed by atoms with van der Waals surface area (Å²) in [6, 6.07) is 8.21. The molecule has 0 fully saturated rings. The Hall–Kier alpha value is -3.51. The van der Waals surface area contributed by atoms with Gasteiger partial charge in [-0.25, -0.2) is 4.99 Å². The zero-order chi connectivity index (χ0) is 25.2. The van der Waals surface area contributed by atoms with Crippen LogP contribution in [0, 0.1) is 19.3 Å². The van der Waals surface area contributed by atoms with Crippen molar-refractivity contribution >= 4 is 11.6 Å². The van der Waals surface area contributed by atoms with Crippen LogP contribution in [-0.4, -0.2) is 20.7 Å². The predicted molar refractivity (Wildman–Crippen MR) is 142 cm³/mol. The van der Waals surface area contributed by atoms with E-state index in [0.717, 1.165) is 42.4 Å². The summed E-state index contributed by atoms with van der Waals surface area (Å²) in [5.74, 6) is 6.05. The van der Waals surface area contributed by atoms with Crippen LogP contribution >= 0.6 is 0 Å². The Morgan fingerprint density at radius 3 is 2.66 bits per heavy atom. The van der Waals surface area contributed by atoms with Crippen LogP contribution in [0.25, 0.3) is 5.70 Å². The smallest absolute Gasteiger partial charge is 0.266 e. The highest BCUT2D eigenvalue weighted by molar-refractivity contribution is 5.97. The summed E-state index contributed by atoms with van der Waals surface area (Å²) in [6.07, 6.45) is 9.30. The number of fused-ring (bicyclic) bond motifs is 1. The molecule has 6 nitrogen and oxygen atoms in total. The van der Waals surface area contributed by atoms with E-state index in [4.69, 9.17) is 20.8 Å². The number of pyridine rings is 1. The highest BCUT2D eigenvalue weighted by Crippen LogP contribution is 2.37. The molecule has 1 aliphatic rings. The van der Waals surface area contributed by atoms with Gasteiger partial charge in [0.15, 0.2) is 5.69 Å². The number of nitrogens with two attached hydrogens (primary N) is 1. The van der Waals surface area contributed by atoms with E-state index in [1.165, 1.54) is 22.4 Å². The maximum Gasteiger partial charge on any atom is 0.266 e. The van der Waals surface area contributed by atoms with Gasteiger partial charge < -0.3 is 4.84 Å². The molecule has 0 bridgehead atoms. The molecule has 2 N–H and O–H groups in total. The Labute approximate surface area is 208 Å². The van der Waals surface area contributed by atoms with E-state index in [2.05, 4.69) is 68.7 Å². The summed E-state index contributed by atoms with van der Waals surface area (Å²) in [6.45, 7) is 17.5. The number of aryl methyl sites for hydroxylation is 2. The molecule has 4 rings (SSSR count). The molecule has 0 saturated heterocycles. The quantitative estimate of drug-likeness (QED) is 0.215. The number of nitrogens with zero attached hydrogens (tertiary/aromatic N) is 4. The summed E-state index contributed by atoms with van der Waals surface area (Å²) >= 11 is 0. The van der Waals surface area contributed by atoms with Gasteiger partial charge in [0.2, 0.25) is 0 Å². The van der Waals surface area contributed by atoms with Gasteiger partial charge in [-0.1, -0.05) is 32.6 Å². The standard InChI is InChI=1S/C29H35N5O/c1-7-9-24-19(2)14-23(15-20(24)3)21(4)32-28(35-30)27-25-11-12-29(5,6)16-26(25)34(33-27)18-22-10-8-13-31-17-22/h7-8,10,13-15,17H,1,4,9,11-12,16,18,30H2,2-3,5-6H3/b32-28-. The Bertz CT molecular complexity index is 1260. The average Bonchev–Trinajstić information content (AvgIpc) is 3.16. The van der Waals surface area contributed by atoms with Gasteiger partial charge in [0.25, 0.3) is 5.90 Å². The number of benzene rings is 1. The highest BCUT2D eigenvalue weighted by atomic mass is 16.6. The Morgan fingerprint density at radius 2 is 2.03 bits per heavy atom. The van der Waals surface area contributed by atoms with E-state index in [9.17, 15) is 0 Å². The molecule has 1 aliphatic carbocycles. The van der Waals surface area contributed by atoms with E-state index < -0.39 is 0 Å². The Kier molecular flexibility index (Phi) is 7.03. The van der Waals surface area contributed by atoms with Crippen molar-refractivity contribution in [2.24, 2.45) is 16.3 Å². The number of aromatic nitrogens is 3. The molecule has 0 saturated carbocycles. The maximum absolute atomic E-state index is 5.76. The SMILES string of the molecule is C=CCc1c(C)cc(C(=C)/N=C(\ON)c2nn(Cc3cccnc3)c3c2CCC(C)(C)C3)cc1C. The highest BCUT2D eigenvalue weighted by Gasteiger charge is 2.33. The van der Waals surface area contributed by atoms with Crippen molar-refractivity contribution in [1.29, 1.82) is 0 Å². The lowest BCUT2D eigenvalue weighted by molar-refractivity contribution is 0.304. The molecule has 2 aromatic heterocycles. The Morgan fingerprint density at radius 1 is 1.29 bits per heavy atom. The minimum absolute atomic E-state index is 0.198. The number of hydrogen-bond acceptors (Lipinski definition) is 5. The average molecular weight is 470 g/mol. The van der Waals surface area contributed by atoms with Gasteiger partial charge in [0.05, 0.1) is 12.2 Å². The van der Waals surface area contributed by atoms with Crippen LogP contribution in [0.3, 0.4) is 0 Å². The molecular formula is C29H35N5O. The minimum atomic E-state index is 0.198. The van der Waals surface area contributed by atoms with Gasteiger partial charge in [-0.05, 0) is 85.4 Å². The van der Waals surface area contributed by atoms with Gasteiger partial charge in [-0.15, -0.1) is 6.58 Å². The number of rotatable bonds is 7. The third kappa shape index (κ3) is 5.28. The first-order valence-corrected chi connectivity index (χ1v) is 12.1. The fourth-order valence-corrected chi connectivity index (χ4v) is 4.92. The van der Waals surface area contributed by atoms with Crippen molar-refractivity contribution in [2.75, 3.05) is 0 Å². The van der Waals surface area contributed by atoms with Crippen LogP contribution in [0.5, 0.6) is 0 Å². The molecular weight excluding hydrogens is 434 g/mol. The molecule has 182 valence electrons. The first-order chi connectivity index (χ1) is 16.7. The van der Waals surface area contributed by atoms with Gasteiger partial charge in [-0.2, -0.15) is 11.0 Å². The molecule has 6 heteroatoms. The largest absolute Gasteiger partial charge is 0.389 e. The molecule has 35 heavy (non-hydrogen) atoms. The van der Waals surface area contributed by atoms with E-state index in [1.807, 2.05) is 18.3 Å². The van der Waals surface area contributed by atoms with Crippen LogP contribution in [0.4, 0.5) is 0 Å². The van der Waals surface area contributed by atoms with Crippen molar-refractivity contribution in [3.8, 4) is 0 Å². The lowest BCUT2D eigenvalue weighted by Crippen LogP contribution is -2.25. The second kappa shape index (κ2) is 10.0. The summed E-state index contributed by atoms with van der Waals surface area (Å²) < 4.78 is 2.05. The molecule has 0 spiro atoms. The molecule has 2 heterocycles. The first-order valence-electron chi connectivity index (χ1n) is 12.1.